The maximum atomic E-state index is 12.6. The van der Waals surface area contributed by atoms with E-state index >= 15 is 0 Å². The van der Waals surface area contributed by atoms with Gasteiger partial charge in [-0.05, 0) is 36.4 Å². The third kappa shape index (κ3) is 3.00. The van der Waals surface area contributed by atoms with Crippen molar-refractivity contribution in [2.75, 3.05) is 4.72 Å². The van der Waals surface area contributed by atoms with Crippen molar-refractivity contribution in [1.82, 2.24) is 4.98 Å². The molecule has 0 fully saturated rings. The summed E-state index contributed by atoms with van der Waals surface area (Å²) in [6, 6.07) is 12.6. The number of rotatable bonds is 4. The minimum atomic E-state index is -3.77. The molecular weight excluding hydrogens is 314 g/mol. The van der Waals surface area contributed by atoms with Crippen molar-refractivity contribution >= 4 is 32.4 Å². The summed E-state index contributed by atoms with van der Waals surface area (Å²) in [6.45, 7) is 0. The zero-order valence-corrected chi connectivity index (χ0v) is 12.7. The van der Waals surface area contributed by atoms with Crippen molar-refractivity contribution in [2.45, 2.75) is 4.90 Å². The van der Waals surface area contributed by atoms with Crippen LogP contribution in [0.1, 0.15) is 10.4 Å². The number of fused-ring (bicyclic) bond motifs is 1. The van der Waals surface area contributed by atoms with Crippen LogP contribution >= 0.6 is 0 Å². The number of sulfonamides is 1. The third-order valence-corrected chi connectivity index (χ3v) is 4.79. The molecule has 1 amide bonds. The monoisotopic (exact) mass is 327 g/mol. The van der Waals surface area contributed by atoms with E-state index in [1.807, 2.05) is 0 Å². The second-order valence-electron chi connectivity index (χ2n) is 4.90. The summed E-state index contributed by atoms with van der Waals surface area (Å²) in [4.78, 5) is 15.2. The standard InChI is InChI=1S/C16H13N3O3S/c17-16(20)11-4-6-13(7-5-11)19-23(21,22)15-3-1-2-12-10-18-9-8-14(12)15/h1-10,19H,(H2,17,20). The summed E-state index contributed by atoms with van der Waals surface area (Å²) in [5, 5.41) is 1.32. The van der Waals surface area contributed by atoms with Crippen molar-refractivity contribution in [3.63, 3.8) is 0 Å². The van der Waals surface area contributed by atoms with E-state index in [2.05, 4.69) is 9.71 Å². The molecule has 0 bridgehead atoms. The van der Waals surface area contributed by atoms with Gasteiger partial charge in [0.15, 0.2) is 0 Å². The molecule has 3 aromatic rings. The smallest absolute Gasteiger partial charge is 0.262 e. The molecule has 23 heavy (non-hydrogen) atoms. The van der Waals surface area contributed by atoms with Crippen LogP contribution in [0.5, 0.6) is 0 Å². The maximum absolute atomic E-state index is 12.6. The van der Waals surface area contributed by atoms with E-state index in [9.17, 15) is 13.2 Å². The predicted molar refractivity (Wildman–Crippen MR) is 87.5 cm³/mol. The molecular formula is C16H13N3O3S. The second-order valence-corrected chi connectivity index (χ2v) is 6.55. The largest absolute Gasteiger partial charge is 0.366 e. The van der Waals surface area contributed by atoms with Crippen LogP contribution in [0.25, 0.3) is 10.8 Å². The van der Waals surface area contributed by atoms with Crippen molar-refractivity contribution < 1.29 is 13.2 Å². The Labute approximate surface area is 133 Å². The number of carbonyl (C=O) groups excluding carboxylic acids is 1. The van der Waals surface area contributed by atoms with Gasteiger partial charge in [0.1, 0.15) is 0 Å². The van der Waals surface area contributed by atoms with Gasteiger partial charge in [0.2, 0.25) is 5.91 Å². The van der Waals surface area contributed by atoms with E-state index < -0.39 is 15.9 Å². The highest BCUT2D eigenvalue weighted by atomic mass is 32.2. The molecule has 0 unspecified atom stereocenters. The number of nitrogens with two attached hydrogens (primary N) is 1. The van der Waals surface area contributed by atoms with Gasteiger partial charge in [0.05, 0.1) is 4.90 Å². The van der Waals surface area contributed by atoms with Gasteiger partial charge in [-0.2, -0.15) is 0 Å². The number of primary amides is 1. The number of anilines is 1. The molecule has 1 heterocycles. The normalized spacial score (nSPS) is 11.3. The van der Waals surface area contributed by atoms with E-state index in [1.165, 1.54) is 30.3 Å². The van der Waals surface area contributed by atoms with E-state index in [0.29, 0.717) is 16.6 Å². The fourth-order valence-corrected chi connectivity index (χ4v) is 3.53. The van der Waals surface area contributed by atoms with Gasteiger partial charge in [0, 0.05) is 34.4 Å². The first-order valence-corrected chi connectivity index (χ1v) is 8.21. The van der Waals surface area contributed by atoms with Crippen LogP contribution in [-0.2, 0) is 10.0 Å². The zero-order valence-electron chi connectivity index (χ0n) is 11.9. The van der Waals surface area contributed by atoms with Gasteiger partial charge < -0.3 is 5.73 Å². The van der Waals surface area contributed by atoms with Crippen molar-refractivity contribution in [3.8, 4) is 0 Å². The Morgan fingerprint density at radius 3 is 2.48 bits per heavy atom. The van der Waals surface area contributed by atoms with Crippen LogP contribution in [0.2, 0.25) is 0 Å². The Hall–Kier alpha value is -2.93. The molecule has 0 aliphatic carbocycles. The minimum absolute atomic E-state index is 0.163. The first-order chi connectivity index (χ1) is 11.0. The fourth-order valence-electron chi connectivity index (χ4n) is 2.24. The molecule has 0 aliphatic heterocycles. The van der Waals surface area contributed by atoms with Gasteiger partial charge in [-0.3, -0.25) is 14.5 Å². The fraction of sp³-hybridized carbons (Fsp3) is 0. The topological polar surface area (TPSA) is 102 Å². The van der Waals surface area contributed by atoms with Crippen molar-refractivity contribution in [2.24, 2.45) is 5.73 Å². The lowest BCUT2D eigenvalue weighted by atomic mass is 10.2. The van der Waals surface area contributed by atoms with E-state index in [-0.39, 0.29) is 4.90 Å². The first kappa shape index (κ1) is 15.0. The van der Waals surface area contributed by atoms with Gasteiger partial charge >= 0.3 is 0 Å². The SMILES string of the molecule is NC(=O)c1ccc(NS(=O)(=O)c2cccc3cnccc23)cc1. The van der Waals surface area contributed by atoms with Gasteiger partial charge in [-0.15, -0.1) is 0 Å². The number of carbonyl (C=O) groups is 1. The van der Waals surface area contributed by atoms with Gasteiger partial charge in [-0.1, -0.05) is 12.1 Å². The number of benzene rings is 2. The van der Waals surface area contributed by atoms with E-state index in [4.69, 9.17) is 5.73 Å². The number of aromatic nitrogens is 1. The molecule has 7 heteroatoms. The minimum Gasteiger partial charge on any atom is -0.366 e. The Morgan fingerprint density at radius 2 is 1.78 bits per heavy atom. The second kappa shape index (κ2) is 5.69. The molecule has 6 nitrogen and oxygen atoms in total. The van der Waals surface area contributed by atoms with Crippen molar-refractivity contribution in [3.05, 3.63) is 66.5 Å². The van der Waals surface area contributed by atoms with Crippen LogP contribution in [0.3, 0.4) is 0 Å². The van der Waals surface area contributed by atoms with Crippen molar-refractivity contribution in [1.29, 1.82) is 0 Å². The Kier molecular flexibility index (Phi) is 3.71. The summed E-state index contributed by atoms with van der Waals surface area (Å²) >= 11 is 0. The molecule has 3 N–H and O–H groups in total. The molecule has 0 saturated carbocycles. The summed E-state index contributed by atoms with van der Waals surface area (Å²) in [7, 11) is -3.77. The molecule has 3 rings (SSSR count). The number of hydrogen-bond donors (Lipinski definition) is 2. The summed E-state index contributed by atoms with van der Waals surface area (Å²) in [5.74, 6) is -0.569. The van der Waals surface area contributed by atoms with Crippen LogP contribution in [-0.4, -0.2) is 19.3 Å². The number of amides is 1. The number of pyridine rings is 1. The molecule has 0 radical (unpaired) electrons. The predicted octanol–water partition coefficient (Wildman–Crippen LogP) is 2.13. The van der Waals surface area contributed by atoms with Gasteiger partial charge in [0.25, 0.3) is 10.0 Å². The molecule has 1 aromatic heterocycles. The Balaban J connectivity index is 1.99. The summed E-state index contributed by atoms with van der Waals surface area (Å²) < 4.78 is 27.7. The lowest BCUT2D eigenvalue weighted by Crippen LogP contribution is -2.14. The molecule has 0 saturated heterocycles. The average Bonchev–Trinajstić information content (AvgIpc) is 2.54. The van der Waals surface area contributed by atoms with Crippen LogP contribution in [0.4, 0.5) is 5.69 Å². The highest BCUT2D eigenvalue weighted by Crippen LogP contribution is 2.24. The maximum Gasteiger partial charge on any atom is 0.262 e. The molecule has 2 aromatic carbocycles. The van der Waals surface area contributed by atoms with Crippen LogP contribution in [0.15, 0.2) is 65.8 Å². The summed E-state index contributed by atoms with van der Waals surface area (Å²) in [6.07, 6.45) is 3.15. The molecule has 0 aliphatic rings. The number of nitrogens with one attached hydrogen (secondary N) is 1. The average molecular weight is 327 g/mol. The lowest BCUT2D eigenvalue weighted by molar-refractivity contribution is 0.100. The highest BCUT2D eigenvalue weighted by Gasteiger charge is 2.17. The third-order valence-electron chi connectivity index (χ3n) is 3.35. The summed E-state index contributed by atoms with van der Waals surface area (Å²) in [5.41, 5.74) is 5.82. The van der Waals surface area contributed by atoms with Crippen LogP contribution < -0.4 is 10.5 Å². The number of hydrogen-bond acceptors (Lipinski definition) is 4. The highest BCUT2D eigenvalue weighted by molar-refractivity contribution is 7.93. The lowest BCUT2D eigenvalue weighted by Gasteiger charge is -2.10. The molecule has 0 atom stereocenters. The van der Waals surface area contributed by atoms with Gasteiger partial charge in [-0.25, -0.2) is 8.42 Å². The Bertz CT molecular complexity index is 978. The first-order valence-electron chi connectivity index (χ1n) is 6.73. The molecule has 116 valence electrons. The van der Waals surface area contributed by atoms with E-state index in [0.717, 1.165) is 5.39 Å². The van der Waals surface area contributed by atoms with Crippen LogP contribution in [0, 0.1) is 0 Å². The van der Waals surface area contributed by atoms with E-state index in [1.54, 1.807) is 30.6 Å². The quantitative estimate of drug-likeness (QED) is 0.766. The Morgan fingerprint density at radius 1 is 1.04 bits per heavy atom. The molecule has 0 spiro atoms. The number of nitrogens with zero attached hydrogens (tertiary/aromatic N) is 1. The zero-order chi connectivity index (χ0) is 16.4.